The number of ether oxygens (including phenoxy) is 1. The molecule has 0 amide bonds. The van der Waals surface area contributed by atoms with Crippen LogP contribution in [0.3, 0.4) is 0 Å². The van der Waals surface area contributed by atoms with E-state index in [1.807, 2.05) is 0 Å². The van der Waals surface area contributed by atoms with Crippen LogP contribution in [0.25, 0.3) is 0 Å². The van der Waals surface area contributed by atoms with Crippen molar-refractivity contribution in [2.45, 2.75) is 4.90 Å². The second-order valence-corrected chi connectivity index (χ2v) is 7.47. The van der Waals surface area contributed by atoms with Gasteiger partial charge in [0.05, 0.1) is 34.1 Å². The molecule has 0 saturated heterocycles. The molecule has 0 aliphatic heterocycles. The smallest absolute Gasteiger partial charge is 0.744 e. The summed E-state index contributed by atoms with van der Waals surface area (Å²) in [5, 5.41) is 16.3. The molecule has 8 nitrogen and oxygen atoms in total. The second kappa shape index (κ2) is 10.8. The first-order chi connectivity index (χ1) is 13.8. The van der Waals surface area contributed by atoms with Gasteiger partial charge < -0.3 is 9.29 Å². The average molecular weight is 453 g/mol. The molecule has 3 aromatic rings. The van der Waals surface area contributed by atoms with Gasteiger partial charge in [0.1, 0.15) is 21.6 Å². The van der Waals surface area contributed by atoms with E-state index in [4.69, 9.17) is 16.3 Å². The van der Waals surface area contributed by atoms with Crippen molar-refractivity contribution in [3.8, 4) is 5.75 Å². The van der Waals surface area contributed by atoms with Crippen molar-refractivity contribution in [3.05, 3.63) is 71.8 Å². The SMILES string of the molecule is COc1ccc(N=Nc2ccc(N=Nc3cc(S(=O)(=O)[O-])ccc3Cl)cc2)cc1.[Na+]. The number of rotatable bonds is 6. The van der Waals surface area contributed by atoms with Gasteiger partial charge in [-0.2, -0.15) is 15.3 Å². The molecule has 0 aliphatic carbocycles. The number of azo groups is 2. The third kappa shape index (κ3) is 6.69. The molecule has 30 heavy (non-hydrogen) atoms. The van der Waals surface area contributed by atoms with Gasteiger partial charge in [-0.3, -0.25) is 0 Å². The summed E-state index contributed by atoms with van der Waals surface area (Å²) in [5.74, 6) is 0.733. The molecule has 0 N–H and O–H groups in total. The fourth-order valence-electron chi connectivity index (χ4n) is 2.19. The Morgan fingerprint density at radius 3 is 1.73 bits per heavy atom. The van der Waals surface area contributed by atoms with E-state index in [1.165, 1.54) is 6.07 Å². The molecule has 3 rings (SSSR count). The molecule has 0 fully saturated rings. The summed E-state index contributed by atoms with van der Waals surface area (Å²) >= 11 is 5.97. The van der Waals surface area contributed by atoms with Crippen molar-refractivity contribution < 1.29 is 47.3 Å². The van der Waals surface area contributed by atoms with E-state index in [9.17, 15) is 13.0 Å². The minimum absolute atomic E-state index is 0. The molecule has 0 saturated carbocycles. The third-order valence-electron chi connectivity index (χ3n) is 3.68. The molecule has 0 heterocycles. The van der Waals surface area contributed by atoms with Crippen LogP contribution in [0, 0.1) is 0 Å². The molecule has 0 atom stereocenters. The first-order valence-corrected chi connectivity index (χ1v) is 9.97. The Balaban J connectivity index is 0.00000320. The maximum absolute atomic E-state index is 11.1. The van der Waals surface area contributed by atoms with Gasteiger partial charge in [-0.25, -0.2) is 8.42 Å². The van der Waals surface area contributed by atoms with Crippen LogP contribution >= 0.6 is 11.6 Å². The predicted octanol–water partition coefficient (Wildman–Crippen LogP) is 3.09. The fourth-order valence-corrected chi connectivity index (χ4v) is 2.83. The summed E-state index contributed by atoms with van der Waals surface area (Å²) in [5.41, 5.74) is 1.85. The summed E-state index contributed by atoms with van der Waals surface area (Å²) < 4.78 is 38.4. The fraction of sp³-hybridized carbons (Fsp3) is 0.0526. The molecule has 0 unspecified atom stereocenters. The molecule has 0 aromatic heterocycles. The predicted molar refractivity (Wildman–Crippen MR) is 107 cm³/mol. The van der Waals surface area contributed by atoms with E-state index in [0.717, 1.165) is 17.9 Å². The van der Waals surface area contributed by atoms with Crippen LogP contribution in [-0.2, 0) is 10.1 Å². The first-order valence-electron chi connectivity index (χ1n) is 8.18. The van der Waals surface area contributed by atoms with Crippen LogP contribution in [0.1, 0.15) is 0 Å². The van der Waals surface area contributed by atoms with Crippen molar-refractivity contribution in [1.82, 2.24) is 0 Å². The number of halogens is 1. The van der Waals surface area contributed by atoms with Crippen LogP contribution in [0.4, 0.5) is 22.7 Å². The zero-order chi connectivity index (χ0) is 20.9. The zero-order valence-corrected chi connectivity index (χ0v) is 19.6. The standard InChI is InChI=1S/C19H15ClN4O4S.Na/c1-28-16-8-6-15(7-9-16)22-21-13-2-4-14(5-3-13)23-24-19-12-17(29(25,26)27)10-11-18(19)20;/h2-12H,1H3,(H,25,26,27);/q;+1/p-1. The second-order valence-electron chi connectivity index (χ2n) is 5.68. The Bertz CT molecular complexity index is 1170. The molecule has 148 valence electrons. The van der Waals surface area contributed by atoms with Crippen molar-refractivity contribution in [3.63, 3.8) is 0 Å². The molecular weight excluding hydrogens is 439 g/mol. The summed E-state index contributed by atoms with van der Waals surface area (Å²) in [6.45, 7) is 0. The van der Waals surface area contributed by atoms with Gasteiger partial charge in [-0.1, -0.05) is 11.6 Å². The van der Waals surface area contributed by atoms with E-state index in [0.29, 0.717) is 17.1 Å². The van der Waals surface area contributed by atoms with Gasteiger partial charge in [0.2, 0.25) is 0 Å². The van der Waals surface area contributed by atoms with Crippen LogP contribution in [0.5, 0.6) is 5.75 Å². The summed E-state index contributed by atoms with van der Waals surface area (Å²) in [4.78, 5) is -0.426. The minimum atomic E-state index is -4.60. The Hall–Kier alpha value is -2.14. The van der Waals surface area contributed by atoms with Crippen LogP contribution in [0.15, 0.2) is 92.1 Å². The van der Waals surface area contributed by atoms with Gasteiger partial charge in [-0.15, -0.1) is 5.11 Å². The summed E-state index contributed by atoms with van der Waals surface area (Å²) in [7, 11) is -3.01. The van der Waals surface area contributed by atoms with E-state index >= 15 is 0 Å². The van der Waals surface area contributed by atoms with Crippen molar-refractivity contribution >= 4 is 44.5 Å². The first kappa shape index (κ1) is 24.1. The van der Waals surface area contributed by atoms with Gasteiger partial charge in [0.15, 0.2) is 0 Å². The van der Waals surface area contributed by atoms with E-state index in [-0.39, 0.29) is 40.3 Å². The largest absolute Gasteiger partial charge is 1.00 e. The third-order valence-corrected chi connectivity index (χ3v) is 4.83. The van der Waals surface area contributed by atoms with Gasteiger partial charge in [-0.05, 0) is 66.7 Å². The molecule has 0 aliphatic rings. The molecule has 0 bridgehead atoms. The van der Waals surface area contributed by atoms with Crippen LogP contribution in [-0.4, -0.2) is 20.1 Å². The summed E-state index contributed by atoms with van der Waals surface area (Å²) in [6, 6.07) is 17.3. The van der Waals surface area contributed by atoms with Crippen molar-refractivity contribution in [2.75, 3.05) is 7.11 Å². The molecule has 3 aromatic carbocycles. The van der Waals surface area contributed by atoms with Crippen LogP contribution < -0.4 is 34.3 Å². The Morgan fingerprint density at radius 2 is 1.27 bits per heavy atom. The van der Waals surface area contributed by atoms with E-state index in [2.05, 4.69) is 20.5 Å². The van der Waals surface area contributed by atoms with Crippen molar-refractivity contribution in [1.29, 1.82) is 0 Å². The van der Waals surface area contributed by atoms with E-state index in [1.54, 1.807) is 55.6 Å². The quantitative estimate of drug-likeness (QED) is 0.324. The Kier molecular flexibility index (Phi) is 8.65. The number of hydrogen-bond donors (Lipinski definition) is 0. The topological polar surface area (TPSA) is 116 Å². The summed E-state index contributed by atoms with van der Waals surface area (Å²) in [6.07, 6.45) is 0. The maximum Gasteiger partial charge on any atom is 1.00 e. The molecular formula is C19H14ClN4NaO4S. The maximum atomic E-state index is 11.1. The molecule has 0 radical (unpaired) electrons. The minimum Gasteiger partial charge on any atom is -0.744 e. The molecule has 11 heteroatoms. The van der Waals surface area contributed by atoms with E-state index < -0.39 is 15.0 Å². The zero-order valence-electron chi connectivity index (χ0n) is 16.1. The van der Waals surface area contributed by atoms with Gasteiger partial charge in [0, 0.05) is 0 Å². The number of hydrogen-bond acceptors (Lipinski definition) is 8. The Morgan fingerprint density at radius 1 is 0.800 bits per heavy atom. The van der Waals surface area contributed by atoms with Gasteiger partial charge >= 0.3 is 29.6 Å². The monoisotopic (exact) mass is 452 g/mol. The molecule has 0 spiro atoms. The number of methoxy groups -OCH3 is 1. The average Bonchev–Trinajstić information content (AvgIpc) is 2.72. The number of nitrogens with zero attached hydrogens (tertiary/aromatic N) is 4. The van der Waals surface area contributed by atoms with Crippen molar-refractivity contribution in [2.24, 2.45) is 20.5 Å². The van der Waals surface area contributed by atoms with Gasteiger partial charge in [0.25, 0.3) is 0 Å². The number of benzene rings is 3. The normalized spacial score (nSPS) is 11.6. The Labute approximate surface area is 200 Å². The van der Waals surface area contributed by atoms with Crippen LogP contribution in [0.2, 0.25) is 5.02 Å².